The quantitative estimate of drug-likeness (QED) is 0.769. The third kappa shape index (κ3) is 3.49. The molecule has 1 saturated heterocycles. The average molecular weight is 350 g/mol. The highest BCUT2D eigenvalue weighted by molar-refractivity contribution is 7.99. The Kier molecular flexibility index (Phi) is 5.25. The number of nitrogens with zero attached hydrogens (tertiary/aromatic N) is 4. The van der Waals surface area contributed by atoms with E-state index in [-0.39, 0.29) is 12.0 Å². The van der Waals surface area contributed by atoms with Crippen molar-refractivity contribution in [3.63, 3.8) is 0 Å². The number of rotatable bonds is 5. The molecule has 130 valence electrons. The van der Waals surface area contributed by atoms with E-state index in [1.807, 2.05) is 29.5 Å². The first kappa shape index (κ1) is 17.0. The molecule has 1 amide bonds. The second-order valence-electron chi connectivity index (χ2n) is 5.79. The van der Waals surface area contributed by atoms with Crippen LogP contribution >= 0.6 is 11.8 Å². The van der Waals surface area contributed by atoms with Crippen LogP contribution in [-0.2, 0) is 16.6 Å². The van der Waals surface area contributed by atoms with E-state index in [4.69, 9.17) is 9.15 Å². The van der Waals surface area contributed by atoms with E-state index in [1.165, 1.54) is 11.8 Å². The van der Waals surface area contributed by atoms with E-state index in [0.29, 0.717) is 25.4 Å². The highest BCUT2D eigenvalue weighted by Gasteiger charge is 2.24. The van der Waals surface area contributed by atoms with Crippen molar-refractivity contribution in [2.24, 2.45) is 7.05 Å². The molecule has 3 heterocycles. The number of thioether (sulfide) groups is 1. The number of hydrogen-bond acceptors (Lipinski definition) is 6. The number of morpholine rings is 1. The van der Waals surface area contributed by atoms with Gasteiger partial charge in [0.1, 0.15) is 5.76 Å². The Balaban J connectivity index is 1.62. The van der Waals surface area contributed by atoms with Gasteiger partial charge in [-0.15, -0.1) is 10.2 Å². The van der Waals surface area contributed by atoms with Crippen LogP contribution in [0.4, 0.5) is 0 Å². The molecule has 0 bridgehead atoms. The fourth-order valence-corrected chi connectivity index (χ4v) is 3.52. The van der Waals surface area contributed by atoms with Crippen LogP contribution in [0.25, 0.3) is 11.4 Å². The summed E-state index contributed by atoms with van der Waals surface area (Å²) in [4.78, 5) is 14.3. The van der Waals surface area contributed by atoms with Gasteiger partial charge in [0.05, 0.1) is 30.3 Å². The van der Waals surface area contributed by atoms with Gasteiger partial charge in [-0.25, -0.2) is 0 Å². The van der Waals surface area contributed by atoms with Gasteiger partial charge in [0.15, 0.2) is 11.0 Å². The van der Waals surface area contributed by atoms with Crippen molar-refractivity contribution in [3.8, 4) is 11.4 Å². The van der Waals surface area contributed by atoms with Gasteiger partial charge in [0, 0.05) is 20.1 Å². The first-order valence-corrected chi connectivity index (χ1v) is 9.04. The summed E-state index contributed by atoms with van der Waals surface area (Å²) in [6.07, 6.45) is 2.71. The van der Waals surface area contributed by atoms with E-state index in [0.717, 1.165) is 28.7 Å². The van der Waals surface area contributed by atoms with Crippen molar-refractivity contribution in [2.75, 3.05) is 25.4 Å². The first-order valence-electron chi connectivity index (χ1n) is 8.06. The number of aryl methyl sites for hydroxylation is 1. The van der Waals surface area contributed by atoms with Gasteiger partial charge < -0.3 is 18.6 Å². The summed E-state index contributed by atoms with van der Waals surface area (Å²) in [5.41, 5.74) is 0.919. The minimum Gasteiger partial charge on any atom is -0.469 e. The van der Waals surface area contributed by atoms with Gasteiger partial charge in [-0.1, -0.05) is 18.7 Å². The molecule has 1 unspecified atom stereocenters. The maximum Gasteiger partial charge on any atom is 0.233 e. The van der Waals surface area contributed by atoms with Gasteiger partial charge in [0.25, 0.3) is 0 Å². The summed E-state index contributed by atoms with van der Waals surface area (Å²) >= 11 is 1.41. The van der Waals surface area contributed by atoms with Crippen LogP contribution < -0.4 is 0 Å². The molecule has 0 aromatic carbocycles. The standard InChI is InChI=1S/C16H22N4O3S/c1-4-12-9-20(6-8-23-12)14(21)10-24-16-18-17-15(19(16)3)13-5-7-22-11(13)2/h5,7,12H,4,6,8-10H2,1-3H3. The van der Waals surface area contributed by atoms with Crippen LogP contribution in [0.5, 0.6) is 0 Å². The van der Waals surface area contributed by atoms with Crippen molar-refractivity contribution in [1.82, 2.24) is 19.7 Å². The number of amides is 1. The number of carbonyl (C=O) groups excluding carboxylic acids is 1. The zero-order chi connectivity index (χ0) is 17.1. The van der Waals surface area contributed by atoms with E-state index < -0.39 is 0 Å². The Morgan fingerprint density at radius 3 is 3.00 bits per heavy atom. The highest BCUT2D eigenvalue weighted by atomic mass is 32.2. The number of aromatic nitrogens is 3. The van der Waals surface area contributed by atoms with Gasteiger partial charge >= 0.3 is 0 Å². The summed E-state index contributed by atoms with van der Waals surface area (Å²) in [6.45, 7) is 5.92. The van der Waals surface area contributed by atoms with Crippen molar-refractivity contribution in [2.45, 2.75) is 31.5 Å². The second kappa shape index (κ2) is 7.40. The zero-order valence-corrected chi connectivity index (χ0v) is 15.0. The van der Waals surface area contributed by atoms with Crippen LogP contribution in [0.3, 0.4) is 0 Å². The SMILES string of the molecule is CCC1CN(C(=O)CSc2nnc(-c3ccoc3C)n2C)CCO1. The molecule has 1 atom stereocenters. The predicted octanol–water partition coefficient (Wildman–Crippen LogP) is 2.11. The van der Waals surface area contributed by atoms with Gasteiger partial charge in [-0.2, -0.15) is 0 Å². The van der Waals surface area contributed by atoms with E-state index in [1.54, 1.807) is 6.26 Å². The molecule has 0 saturated carbocycles. The molecular weight excluding hydrogens is 328 g/mol. The van der Waals surface area contributed by atoms with E-state index in [9.17, 15) is 4.79 Å². The average Bonchev–Trinajstić information content (AvgIpc) is 3.18. The summed E-state index contributed by atoms with van der Waals surface area (Å²) in [5, 5.41) is 9.14. The molecule has 1 aliphatic rings. The predicted molar refractivity (Wildman–Crippen MR) is 90.8 cm³/mol. The van der Waals surface area contributed by atoms with Crippen molar-refractivity contribution < 1.29 is 13.9 Å². The Bertz CT molecular complexity index is 712. The van der Waals surface area contributed by atoms with E-state index >= 15 is 0 Å². The molecule has 24 heavy (non-hydrogen) atoms. The minimum atomic E-state index is 0.116. The zero-order valence-electron chi connectivity index (χ0n) is 14.2. The minimum absolute atomic E-state index is 0.116. The molecule has 2 aromatic rings. The number of ether oxygens (including phenoxy) is 1. The van der Waals surface area contributed by atoms with E-state index in [2.05, 4.69) is 17.1 Å². The lowest BCUT2D eigenvalue weighted by Gasteiger charge is -2.32. The van der Waals surface area contributed by atoms with Crippen LogP contribution in [0.1, 0.15) is 19.1 Å². The van der Waals surface area contributed by atoms with Crippen LogP contribution in [-0.4, -0.2) is 57.1 Å². The topological polar surface area (TPSA) is 73.4 Å². The van der Waals surface area contributed by atoms with Crippen molar-refractivity contribution >= 4 is 17.7 Å². The summed E-state index contributed by atoms with van der Waals surface area (Å²) in [5.74, 6) is 2.02. The normalized spacial score (nSPS) is 18.1. The molecule has 7 nitrogen and oxygen atoms in total. The molecule has 1 fully saturated rings. The Morgan fingerprint density at radius 1 is 1.46 bits per heavy atom. The maximum absolute atomic E-state index is 12.4. The maximum atomic E-state index is 12.4. The Morgan fingerprint density at radius 2 is 2.29 bits per heavy atom. The van der Waals surface area contributed by atoms with Crippen LogP contribution in [0.2, 0.25) is 0 Å². The first-order chi connectivity index (χ1) is 11.6. The molecule has 0 aliphatic carbocycles. The number of hydrogen-bond donors (Lipinski definition) is 0. The van der Waals surface area contributed by atoms with Gasteiger partial charge in [0.2, 0.25) is 5.91 Å². The molecule has 3 rings (SSSR count). The van der Waals surface area contributed by atoms with Crippen LogP contribution in [0.15, 0.2) is 21.9 Å². The lowest BCUT2D eigenvalue weighted by atomic mass is 10.2. The lowest BCUT2D eigenvalue weighted by Crippen LogP contribution is -2.46. The fourth-order valence-electron chi connectivity index (χ4n) is 2.70. The molecule has 0 N–H and O–H groups in total. The second-order valence-corrected chi connectivity index (χ2v) is 6.73. The summed E-state index contributed by atoms with van der Waals surface area (Å²) in [7, 11) is 1.90. The third-order valence-electron chi connectivity index (χ3n) is 4.21. The summed E-state index contributed by atoms with van der Waals surface area (Å²) in [6, 6.07) is 1.87. The molecule has 8 heteroatoms. The van der Waals surface area contributed by atoms with Crippen molar-refractivity contribution in [3.05, 3.63) is 18.1 Å². The smallest absolute Gasteiger partial charge is 0.233 e. The molecule has 2 aromatic heterocycles. The van der Waals surface area contributed by atoms with Crippen LogP contribution in [0, 0.1) is 6.92 Å². The number of carbonyl (C=O) groups is 1. The monoisotopic (exact) mass is 350 g/mol. The van der Waals surface area contributed by atoms with Gasteiger partial charge in [-0.05, 0) is 19.4 Å². The fraction of sp³-hybridized carbons (Fsp3) is 0.562. The molecular formula is C16H22N4O3S. The Labute approximate surface area is 145 Å². The van der Waals surface area contributed by atoms with Gasteiger partial charge in [-0.3, -0.25) is 4.79 Å². The number of furan rings is 1. The molecule has 0 radical (unpaired) electrons. The highest BCUT2D eigenvalue weighted by Crippen LogP contribution is 2.26. The Hall–Kier alpha value is -1.80. The largest absolute Gasteiger partial charge is 0.469 e. The molecule has 0 spiro atoms. The third-order valence-corrected chi connectivity index (χ3v) is 5.21. The molecule has 1 aliphatic heterocycles. The summed E-state index contributed by atoms with van der Waals surface area (Å²) < 4.78 is 12.8. The van der Waals surface area contributed by atoms with Crippen molar-refractivity contribution in [1.29, 1.82) is 0 Å². The lowest BCUT2D eigenvalue weighted by molar-refractivity contribution is -0.135.